The molecule has 2 aromatic carbocycles. The van der Waals surface area contributed by atoms with Crippen LogP contribution >= 0.6 is 12.2 Å². The summed E-state index contributed by atoms with van der Waals surface area (Å²) < 4.78 is 0. The minimum atomic E-state index is 0.506. The van der Waals surface area contributed by atoms with Gasteiger partial charge >= 0.3 is 0 Å². The molecule has 0 radical (unpaired) electrons. The highest BCUT2D eigenvalue weighted by Crippen LogP contribution is 2.30. The predicted octanol–water partition coefficient (Wildman–Crippen LogP) is 3.24. The van der Waals surface area contributed by atoms with Crippen LogP contribution in [-0.4, -0.2) is 48.3 Å². The Hall–Kier alpha value is -3.39. The van der Waals surface area contributed by atoms with Crippen LogP contribution < -0.4 is 25.3 Å². The molecule has 32 heavy (non-hydrogen) atoms. The maximum atomic E-state index is 5.31. The van der Waals surface area contributed by atoms with Gasteiger partial charge in [-0.05, 0) is 35.5 Å². The second kappa shape index (κ2) is 9.00. The molecular weight excluding hydrogens is 418 g/mol. The van der Waals surface area contributed by atoms with E-state index in [4.69, 9.17) is 22.2 Å². The number of hydrogen-bond acceptors (Lipinski definition) is 6. The van der Waals surface area contributed by atoms with E-state index in [9.17, 15) is 0 Å². The third-order valence-electron chi connectivity index (χ3n) is 6.04. The van der Waals surface area contributed by atoms with Gasteiger partial charge in [-0.3, -0.25) is 0 Å². The minimum Gasteiger partial charge on any atom is -0.368 e. The number of para-hydroxylation sites is 1. The van der Waals surface area contributed by atoms with Gasteiger partial charge in [0.15, 0.2) is 5.11 Å². The highest BCUT2D eigenvalue weighted by atomic mass is 32.1. The zero-order valence-corrected chi connectivity index (χ0v) is 19.0. The van der Waals surface area contributed by atoms with Crippen molar-refractivity contribution in [3.8, 4) is 0 Å². The standard InChI is InChI=1S/C24H27N7S/c1-25-24(32)28-23-26-21(30-13-11-29(12-14-30)20-9-3-2-4-10-20)15-22(27-23)31-16-18-7-5-6-8-19(18)17-31/h2-10,15H,11-14,16-17H2,1H3,(H2,25,26,27,28,32). The highest BCUT2D eigenvalue weighted by molar-refractivity contribution is 7.80. The van der Waals surface area contributed by atoms with Gasteiger partial charge in [0, 0.05) is 58.1 Å². The van der Waals surface area contributed by atoms with Crippen LogP contribution in [0.25, 0.3) is 0 Å². The maximum absolute atomic E-state index is 5.31. The lowest BCUT2D eigenvalue weighted by atomic mass is 10.1. The van der Waals surface area contributed by atoms with Crippen LogP contribution in [0.15, 0.2) is 60.7 Å². The molecule has 1 saturated heterocycles. The van der Waals surface area contributed by atoms with Gasteiger partial charge in [0.25, 0.3) is 0 Å². The molecule has 0 bridgehead atoms. The lowest BCUT2D eigenvalue weighted by Crippen LogP contribution is -2.47. The summed E-state index contributed by atoms with van der Waals surface area (Å²) in [5.41, 5.74) is 3.97. The molecule has 0 unspecified atom stereocenters. The molecule has 0 spiro atoms. The molecule has 3 heterocycles. The monoisotopic (exact) mass is 445 g/mol. The van der Waals surface area contributed by atoms with Gasteiger partial charge in [-0.15, -0.1) is 0 Å². The summed E-state index contributed by atoms with van der Waals surface area (Å²) >= 11 is 5.31. The Balaban J connectivity index is 1.38. The molecule has 0 saturated carbocycles. The first-order valence-corrected chi connectivity index (χ1v) is 11.3. The van der Waals surface area contributed by atoms with E-state index in [1.165, 1.54) is 16.8 Å². The fourth-order valence-electron chi connectivity index (χ4n) is 4.29. The van der Waals surface area contributed by atoms with Gasteiger partial charge in [0.2, 0.25) is 5.95 Å². The smallest absolute Gasteiger partial charge is 0.232 e. The predicted molar refractivity (Wildman–Crippen MR) is 135 cm³/mol. The number of hydrogen-bond donors (Lipinski definition) is 2. The number of benzene rings is 2. The van der Waals surface area contributed by atoms with Crippen molar-refractivity contribution < 1.29 is 0 Å². The molecule has 164 valence electrons. The van der Waals surface area contributed by atoms with Crippen LogP contribution in [0.2, 0.25) is 0 Å². The Bertz CT molecular complexity index is 1070. The molecule has 0 aliphatic carbocycles. The van der Waals surface area contributed by atoms with Crippen LogP contribution in [0.1, 0.15) is 11.1 Å². The highest BCUT2D eigenvalue weighted by Gasteiger charge is 2.24. The van der Waals surface area contributed by atoms with Crippen LogP contribution in [0.4, 0.5) is 23.3 Å². The van der Waals surface area contributed by atoms with E-state index >= 15 is 0 Å². The van der Waals surface area contributed by atoms with E-state index in [-0.39, 0.29) is 0 Å². The van der Waals surface area contributed by atoms with E-state index in [1.807, 2.05) is 0 Å². The Labute approximate surface area is 194 Å². The first-order valence-electron chi connectivity index (χ1n) is 10.9. The van der Waals surface area contributed by atoms with Crippen molar-refractivity contribution in [2.24, 2.45) is 0 Å². The van der Waals surface area contributed by atoms with Gasteiger partial charge in [-0.2, -0.15) is 9.97 Å². The number of aromatic nitrogens is 2. The third kappa shape index (κ3) is 4.31. The fourth-order valence-corrected chi connectivity index (χ4v) is 4.38. The lowest BCUT2D eigenvalue weighted by molar-refractivity contribution is 0.647. The summed E-state index contributed by atoms with van der Waals surface area (Å²) in [4.78, 5) is 16.6. The topological polar surface area (TPSA) is 59.6 Å². The fraction of sp³-hybridized carbons (Fsp3) is 0.292. The van der Waals surface area contributed by atoms with Crippen molar-refractivity contribution >= 4 is 40.6 Å². The quantitative estimate of drug-likeness (QED) is 0.594. The Kier molecular flexibility index (Phi) is 5.77. The molecule has 8 heteroatoms. The van der Waals surface area contributed by atoms with E-state index < -0.39 is 0 Å². The van der Waals surface area contributed by atoms with Crippen molar-refractivity contribution in [2.75, 3.05) is 53.2 Å². The molecule has 0 amide bonds. The molecule has 1 aromatic heterocycles. The van der Waals surface area contributed by atoms with Crippen molar-refractivity contribution in [2.45, 2.75) is 13.1 Å². The van der Waals surface area contributed by atoms with Gasteiger partial charge in [0.05, 0.1) is 0 Å². The van der Waals surface area contributed by atoms with Crippen LogP contribution in [0, 0.1) is 0 Å². The second-order valence-corrected chi connectivity index (χ2v) is 8.45. The zero-order chi connectivity index (χ0) is 21.9. The molecule has 1 fully saturated rings. The SMILES string of the molecule is CNC(=S)Nc1nc(N2CCN(c3ccccc3)CC2)cc(N2Cc3ccccc3C2)n1. The van der Waals surface area contributed by atoms with E-state index in [1.54, 1.807) is 7.05 Å². The number of rotatable bonds is 4. The number of thiocarbonyl (C=S) groups is 1. The Morgan fingerprint density at radius 1 is 0.781 bits per heavy atom. The number of piperazine rings is 1. The Morgan fingerprint density at radius 2 is 1.34 bits per heavy atom. The number of fused-ring (bicyclic) bond motifs is 1. The largest absolute Gasteiger partial charge is 0.368 e. The number of anilines is 4. The van der Waals surface area contributed by atoms with E-state index in [0.29, 0.717) is 11.1 Å². The van der Waals surface area contributed by atoms with Gasteiger partial charge in [-0.1, -0.05) is 42.5 Å². The van der Waals surface area contributed by atoms with E-state index in [0.717, 1.165) is 50.9 Å². The first kappa shape index (κ1) is 20.5. The minimum absolute atomic E-state index is 0.506. The molecular formula is C24H27N7S. The van der Waals surface area contributed by atoms with Crippen LogP contribution in [-0.2, 0) is 13.1 Å². The van der Waals surface area contributed by atoms with Crippen molar-refractivity contribution in [3.63, 3.8) is 0 Å². The summed E-state index contributed by atoms with van der Waals surface area (Å²) in [6, 6.07) is 21.3. The second-order valence-electron chi connectivity index (χ2n) is 8.05. The molecule has 2 aliphatic rings. The molecule has 7 nitrogen and oxygen atoms in total. The van der Waals surface area contributed by atoms with Crippen molar-refractivity contribution in [1.29, 1.82) is 0 Å². The average molecular weight is 446 g/mol. The van der Waals surface area contributed by atoms with Crippen molar-refractivity contribution in [1.82, 2.24) is 15.3 Å². The summed E-state index contributed by atoms with van der Waals surface area (Å²) in [7, 11) is 1.79. The van der Waals surface area contributed by atoms with Crippen molar-refractivity contribution in [3.05, 3.63) is 71.8 Å². The maximum Gasteiger partial charge on any atom is 0.232 e. The average Bonchev–Trinajstić information content (AvgIpc) is 3.29. The number of nitrogens with one attached hydrogen (secondary N) is 2. The van der Waals surface area contributed by atoms with Crippen LogP contribution in [0.5, 0.6) is 0 Å². The molecule has 5 rings (SSSR count). The van der Waals surface area contributed by atoms with Gasteiger partial charge < -0.3 is 25.3 Å². The lowest BCUT2D eigenvalue weighted by Gasteiger charge is -2.37. The summed E-state index contributed by atoms with van der Waals surface area (Å²) in [6.45, 7) is 5.42. The normalized spacial score (nSPS) is 15.5. The molecule has 0 atom stereocenters. The summed E-state index contributed by atoms with van der Waals surface area (Å²) in [6.07, 6.45) is 0. The van der Waals surface area contributed by atoms with E-state index in [2.05, 4.69) is 86.0 Å². The van der Waals surface area contributed by atoms with Gasteiger partial charge in [0.1, 0.15) is 11.6 Å². The summed E-state index contributed by atoms with van der Waals surface area (Å²) in [5, 5.41) is 6.58. The molecule has 3 aromatic rings. The Morgan fingerprint density at radius 3 is 1.97 bits per heavy atom. The third-order valence-corrected chi connectivity index (χ3v) is 6.35. The zero-order valence-electron chi connectivity index (χ0n) is 18.2. The van der Waals surface area contributed by atoms with Crippen LogP contribution in [0.3, 0.4) is 0 Å². The summed E-state index contributed by atoms with van der Waals surface area (Å²) in [5.74, 6) is 2.37. The number of nitrogens with zero attached hydrogens (tertiary/aromatic N) is 5. The first-order chi connectivity index (χ1) is 15.7. The molecule has 2 aliphatic heterocycles. The molecule has 2 N–H and O–H groups in total. The van der Waals surface area contributed by atoms with Gasteiger partial charge in [-0.25, -0.2) is 0 Å².